The van der Waals surface area contributed by atoms with Crippen LogP contribution in [0.25, 0.3) is 77.9 Å². The summed E-state index contributed by atoms with van der Waals surface area (Å²) < 4.78 is 0. The van der Waals surface area contributed by atoms with Crippen LogP contribution in [0.4, 0.5) is 11.4 Å². The van der Waals surface area contributed by atoms with Gasteiger partial charge in [0.1, 0.15) is 23.0 Å². The van der Waals surface area contributed by atoms with Crippen LogP contribution in [0, 0.1) is 82.9 Å². The van der Waals surface area contributed by atoms with Crippen LogP contribution < -0.4 is 10.6 Å². The number of benzene rings is 12. The molecule has 0 aromatic heterocycles. The first kappa shape index (κ1) is 72.3. The van der Waals surface area contributed by atoms with Gasteiger partial charge >= 0.3 is 0 Å². The van der Waals surface area contributed by atoms with Crippen molar-refractivity contribution in [3.8, 4) is 150 Å². The highest BCUT2D eigenvalue weighted by atomic mass is 16.3. The number of rotatable bonds is 14. The summed E-state index contributed by atoms with van der Waals surface area (Å²) in [5.74, 6) is 10.4. The van der Waals surface area contributed by atoms with Gasteiger partial charge in [0.15, 0.2) is 0 Å². The van der Waals surface area contributed by atoms with Crippen LogP contribution in [0.15, 0.2) is 243 Å². The number of hydrogen-bond acceptors (Lipinski definition) is 6. The zero-order valence-electron chi connectivity index (χ0n) is 65.1. The number of phenolic OH excluding ortho intramolecular Hbond substituents is 4. The molecule has 9 aliphatic rings. The standard InChI is InChI=1S/C107H88N2O6/c1-9-65-27-25-37-73(43-65)99(114)108-95-77(11-3)97(112)83(71-33-21-15-22-34-71)47-87(95)85-51-93(110)81(69-29-17-13-18-30-69)49-91(85)107(92-50-82(70-31-19-14-20-32-70)94(111)52-86(92)88-48-84(72-35-23-16-24-36-72)98(113)78(12-4)96(88)109-100(115)74-38-26-28-66(10-2)44-74)89-45-75(105-57-67-53-101(5,61-105)59-102(6,54-67)62-105)39-41-79(89)80-42-40-76(46-90(80)107)106-58-68-55-103(7,63-106)60-104(8,56-68)64-106/h1-4,13-52,67-68,110-113H,53-64H2,5-8H3,(H,108,114)(H,109,115). The Kier molecular flexibility index (Phi) is 16.7. The smallest absolute Gasteiger partial charge is 0.255 e. The zero-order chi connectivity index (χ0) is 79.3. The van der Waals surface area contributed by atoms with Gasteiger partial charge in [0.2, 0.25) is 0 Å². The predicted octanol–water partition coefficient (Wildman–Crippen LogP) is 23.8. The largest absolute Gasteiger partial charge is 0.507 e. The SMILES string of the molecule is C#Cc1cccc(C(=O)Nc2c(-c3cc(O)c(-c4ccccc4)cc3C3(c4cc(-c5ccccc5)c(O)cc4-c4cc(-c5ccccc5)c(O)c(C#C)c4NC(=O)c4cccc(C#C)c4)c4cc(C56CC7CC(C)(CC(C)(C7)C5)C6)ccc4-c4ccc(C56CC7CC(C)(CC(C)(C7)C5)C6)cc43)cc(-c3ccccc3)c(O)c2C#C)c1. The Morgan fingerprint density at radius 3 is 1.00 bits per heavy atom. The van der Waals surface area contributed by atoms with Crippen LogP contribution in [-0.4, -0.2) is 32.2 Å². The Morgan fingerprint density at radius 2 is 0.670 bits per heavy atom. The molecule has 8 heteroatoms. The van der Waals surface area contributed by atoms with E-state index in [1.54, 1.807) is 60.7 Å². The average molecular weight is 1500 g/mol. The van der Waals surface area contributed by atoms with Crippen molar-refractivity contribution in [2.24, 2.45) is 33.5 Å². The quantitative estimate of drug-likeness (QED) is 0.0600. The summed E-state index contributed by atoms with van der Waals surface area (Å²) in [7, 11) is 0. The second-order valence-corrected chi connectivity index (χ2v) is 36.2. The van der Waals surface area contributed by atoms with Crippen molar-refractivity contribution in [2.45, 2.75) is 121 Å². The van der Waals surface area contributed by atoms with Crippen molar-refractivity contribution in [2.75, 3.05) is 10.6 Å². The fourth-order valence-electron chi connectivity index (χ4n) is 25.0. The third-order valence-corrected chi connectivity index (χ3v) is 27.6. The predicted molar refractivity (Wildman–Crippen MR) is 462 cm³/mol. The molecule has 4 atom stereocenters. The van der Waals surface area contributed by atoms with Crippen LogP contribution in [0.5, 0.6) is 23.0 Å². The molecular formula is C107H88N2O6. The lowest BCUT2D eigenvalue weighted by atomic mass is 9.39. The molecular weight excluding hydrogens is 1410 g/mol. The number of terminal acetylenes is 4. The van der Waals surface area contributed by atoms with E-state index in [0.717, 1.165) is 73.6 Å². The molecule has 12 aromatic rings. The van der Waals surface area contributed by atoms with Gasteiger partial charge < -0.3 is 31.1 Å². The fourth-order valence-corrected chi connectivity index (χ4v) is 25.0. The van der Waals surface area contributed by atoms with E-state index in [-0.39, 0.29) is 89.1 Å². The summed E-state index contributed by atoms with van der Waals surface area (Å²) in [5.41, 5.74) is 13.1. The molecule has 4 unspecified atom stereocenters. The molecule has 562 valence electrons. The summed E-state index contributed by atoms with van der Waals surface area (Å²) in [5, 5.41) is 60.5. The van der Waals surface area contributed by atoms with Crippen molar-refractivity contribution in [1.82, 2.24) is 0 Å². The molecule has 9 aliphatic carbocycles. The minimum absolute atomic E-state index is 0.0157. The number of aromatic hydroxyl groups is 4. The van der Waals surface area contributed by atoms with Gasteiger partial charge in [0.25, 0.3) is 11.8 Å². The lowest BCUT2D eigenvalue weighted by molar-refractivity contribution is -0.110. The molecule has 8 bridgehead atoms. The average Bonchev–Trinajstić information content (AvgIpc) is 1.55. The number of nitrogens with one attached hydrogen (secondary N) is 2. The van der Waals surface area contributed by atoms with E-state index in [2.05, 4.69) is 111 Å². The molecule has 0 heterocycles. The van der Waals surface area contributed by atoms with Crippen molar-refractivity contribution >= 4 is 23.2 Å². The van der Waals surface area contributed by atoms with Gasteiger partial charge in [-0.05, 0) is 272 Å². The van der Waals surface area contributed by atoms with Crippen LogP contribution in [-0.2, 0) is 16.2 Å². The molecule has 8 nitrogen and oxygen atoms in total. The Labute approximate surface area is 673 Å². The lowest BCUT2D eigenvalue weighted by Gasteiger charge is -2.65. The minimum atomic E-state index is -1.67. The Bertz CT molecular complexity index is 5880. The van der Waals surface area contributed by atoms with Gasteiger partial charge in [-0.15, -0.1) is 25.7 Å². The Hall–Kier alpha value is -13.0. The normalized spacial score (nSPS) is 23.9. The van der Waals surface area contributed by atoms with E-state index in [1.165, 1.54) is 36.8 Å². The second kappa shape index (κ2) is 26.6. The maximum Gasteiger partial charge on any atom is 0.255 e. The van der Waals surface area contributed by atoms with Crippen molar-refractivity contribution in [3.05, 3.63) is 309 Å². The minimum Gasteiger partial charge on any atom is -0.507 e. The number of anilines is 2. The molecule has 2 amide bonds. The molecule has 8 saturated carbocycles. The third-order valence-electron chi connectivity index (χ3n) is 27.6. The van der Waals surface area contributed by atoms with Gasteiger partial charge in [0, 0.05) is 55.6 Å². The first-order valence-corrected chi connectivity index (χ1v) is 40.2. The van der Waals surface area contributed by atoms with E-state index >= 15 is 9.59 Å². The first-order chi connectivity index (χ1) is 55.5. The molecule has 0 spiro atoms. The molecule has 115 heavy (non-hydrogen) atoms. The summed E-state index contributed by atoms with van der Waals surface area (Å²) in [6.07, 6.45) is 38.9. The van der Waals surface area contributed by atoms with Gasteiger partial charge in [-0.1, -0.05) is 221 Å². The van der Waals surface area contributed by atoms with Crippen molar-refractivity contribution < 1.29 is 30.0 Å². The van der Waals surface area contributed by atoms with Crippen molar-refractivity contribution in [1.29, 1.82) is 0 Å². The van der Waals surface area contributed by atoms with E-state index in [4.69, 9.17) is 25.7 Å². The van der Waals surface area contributed by atoms with Crippen LogP contribution in [0.3, 0.4) is 0 Å². The first-order valence-electron chi connectivity index (χ1n) is 40.2. The molecule has 21 rings (SSSR count). The molecule has 0 aliphatic heterocycles. The van der Waals surface area contributed by atoms with E-state index in [1.807, 2.05) is 133 Å². The monoisotopic (exact) mass is 1500 g/mol. The summed E-state index contributed by atoms with van der Waals surface area (Å²) >= 11 is 0. The summed E-state index contributed by atoms with van der Waals surface area (Å²) in [6.45, 7) is 10.1. The number of amides is 2. The number of carbonyl (C=O) groups excluding carboxylic acids is 2. The third kappa shape index (κ3) is 11.7. The summed E-state index contributed by atoms with van der Waals surface area (Å²) in [4.78, 5) is 31.4. The second-order valence-electron chi connectivity index (χ2n) is 36.2. The van der Waals surface area contributed by atoms with Gasteiger partial charge in [-0.25, -0.2) is 0 Å². The number of carbonyl (C=O) groups is 2. The maximum absolute atomic E-state index is 15.7. The highest BCUT2D eigenvalue weighted by molar-refractivity contribution is 6.11. The van der Waals surface area contributed by atoms with E-state index in [9.17, 15) is 20.4 Å². The van der Waals surface area contributed by atoms with Crippen LogP contribution in [0.1, 0.15) is 181 Å². The van der Waals surface area contributed by atoms with Crippen molar-refractivity contribution in [3.63, 3.8) is 0 Å². The van der Waals surface area contributed by atoms with Gasteiger partial charge in [-0.2, -0.15) is 0 Å². The summed E-state index contributed by atoms with van der Waals surface area (Å²) in [6, 6.07) is 78.7. The topological polar surface area (TPSA) is 139 Å². The highest BCUT2D eigenvalue weighted by Crippen LogP contribution is 2.74. The van der Waals surface area contributed by atoms with Gasteiger partial charge in [-0.3, -0.25) is 9.59 Å². The number of hydrogen-bond donors (Lipinski definition) is 6. The van der Waals surface area contributed by atoms with E-state index < -0.39 is 17.2 Å². The molecule has 8 fully saturated rings. The maximum atomic E-state index is 15.7. The van der Waals surface area contributed by atoms with E-state index in [0.29, 0.717) is 101 Å². The molecule has 0 saturated heterocycles. The molecule has 12 aromatic carbocycles. The Morgan fingerprint density at radius 1 is 0.330 bits per heavy atom. The van der Waals surface area contributed by atoms with Crippen LogP contribution in [0.2, 0.25) is 0 Å². The van der Waals surface area contributed by atoms with Crippen LogP contribution >= 0.6 is 0 Å². The fraction of sp³-hybridized carbons (Fsp3) is 0.234. The lowest BCUT2D eigenvalue weighted by Crippen LogP contribution is -2.56. The number of fused-ring (bicyclic) bond motifs is 3. The highest BCUT2D eigenvalue weighted by Gasteiger charge is 2.63. The molecule has 6 N–H and O–H groups in total. The zero-order valence-corrected chi connectivity index (χ0v) is 65.1. The Balaban J connectivity index is 1.04. The van der Waals surface area contributed by atoms with Gasteiger partial charge in [0.05, 0.1) is 27.9 Å². The molecule has 0 radical (unpaired) electrons. The number of phenols is 4.